The molecule has 3 rings (SSSR count). The summed E-state index contributed by atoms with van der Waals surface area (Å²) in [6.07, 6.45) is 1.57. The van der Waals surface area contributed by atoms with E-state index < -0.39 is 4.92 Å². The molecule has 1 heterocycles. The van der Waals surface area contributed by atoms with Gasteiger partial charge in [-0.05, 0) is 35.9 Å². The van der Waals surface area contributed by atoms with Crippen LogP contribution in [0, 0.1) is 10.1 Å². The molecule has 9 heteroatoms. The number of anilines is 1. The fourth-order valence-corrected chi connectivity index (χ4v) is 4.09. The highest BCUT2D eigenvalue weighted by Crippen LogP contribution is 2.37. The van der Waals surface area contributed by atoms with Gasteiger partial charge >= 0.3 is 0 Å². The largest absolute Gasteiger partial charge is 0.288 e. The maximum absolute atomic E-state index is 12.7. The first-order valence-corrected chi connectivity index (χ1v) is 9.24. The lowest BCUT2D eigenvalue weighted by Crippen LogP contribution is -2.27. The van der Waals surface area contributed by atoms with Gasteiger partial charge in [0.1, 0.15) is 5.02 Å². The second-order valence-electron chi connectivity index (χ2n) is 4.96. The predicted octanol–water partition coefficient (Wildman–Crippen LogP) is 5.42. The van der Waals surface area contributed by atoms with Crippen molar-refractivity contribution in [2.75, 3.05) is 4.90 Å². The van der Waals surface area contributed by atoms with Gasteiger partial charge in [0.2, 0.25) is 0 Å². The molecule has 5 nitrogen and oxygen atoms in total. The Morgan fingerprint density at radius 1 is 1.28 bits per heavy atom. The number of hydrogen-bond acceptors (Lipinski definition) is 5. The van der Waals surface area contributed by atoms with Crippen molar-refractivity contribution in [1.29, 1.82) is 0 Å². The van der Waals surface area contributed by atoms with Crippen LogP contribution in [0.15, 0.2) is 51.8 Å². The molecule has 0 bridgehead atoms. The summed E-state index contributed by atoms with van der Waals surface area (Å²) < 4.78 is 1.23. The van der Waals surface area contributed by atoms with Crippen LogP contribution in [0.25, 0.3) is 6.08 Å². The Balaban J connectivity index is 1.96. The van der Waals surface area contributed by atoms with Crippen LogP contribution in [0.1, 0.15) is 5.56 Å². The Labute approximate surface area is 165 Å². The number of nitrogens with zero attached hydrogens (tertiary/aromatic N) is 2. The first kappa shape index (κ1) is 18.1. The number of thiocarbonyl (C=S) groups is 1. The van der Waals surface area contributed by atoms with Gasteiger partial charge in [-0.15, -0.1) is 0 Å². The first-order valence-electron chi connectivity index (χ1n) is 6.84. The predicted molar refractivity (Wildman–Crippen MR) is 108 cm³/mol. The van der Waals surface area contributed by atoms with Crippen molar-refractivity contribution in [2.24, 2.45) is 0 Å². The molecule has 1 fully saturated rings. The highest BCUT2D eigenvalue weighted by atomic mass is 79.9. The van der Waals surface area contributed by atoms with Gasteiger partial charge in [-0.3, -0.25) is 19.8 Å². The molecule has 1 aliphatic rings. The van der Waals surface area contributed by atoms with E-state index >= 15 is 0 Å². The number of rotatable bonds is 3. The van der Waals surface area contributed by atoms with Crippen LogP contribution >= 0.6 is 51.5 Å². The third-order valence-corrected chi connectivity index (χ3v) is 5.44. The number of halogens is 2. The minimum atomic E-state index is -0.563. The minimum Gasteiger partial charge on any atom is -0.268 e. The van der Waals surface area contributed by atoms with E-state index in [9.17, 15) is 14.9 Å². The molecule has 25 heavy (non-hydrogen) atoms. The molecule has 2 aromatic carbocycles. The third kappa shape index (κ3) is 3.77. The van der Waals surface area contributed by atoms with Gasteiger partial charge in [-0.2, -0.15) is 0 Å². The molecule has 1 amide bonds. The van der Waals surface area contributed by atoms with E-state index in [1.54, 1.807) is 24.3 Å². The van der Waals surface area contributed by atoms with Gasteiger partial charge in [0.15, 0.2) is 4.32 Å². The molecule has 0 spiro atoms. The number of amides is 1. The quantitative estimate of drug-likeness (QED) is 0.268. The summed E-state index contributed by atoms with van der Waals surface area (Å²) >= 11 is 15.6. The lowest BCUT2D eigenvalue weighted by atomic mass is 10.2. The topological polar surface area (TPSA) is 63.4 Å². The van der Waals surface area contributed by atoms with Gasteiger partial charge in [-0.1, -0.05) is 63.6 Å². The van der Waals surface area contributed by atoms with E-state index in [0.29, 0.717) is 20.5 Å². The van der Waals surface area contributed by atoms with Gasteiger partial charge in [0.05, 0.1) is 15.5 Å². The van der Waals surface area contributed by atoms with Gasteiger partial charge in [-0.25, -0.2) is 0 Å². The Hall–Kier alpha value is -1.74. The molecule has 126 valence electrons. The molecular formula is C16H8BrClN2O3S2. The number of thioether (sulfide) groups is 1. The van der Waals surface area contributed by atoms with Crippen LogP contribution < -0.4 is 4.90 Å². The lowest BCUT2D eigenvalue weighted by molar-refractivity contribution is -0.384. The Morgan fingerprint density at radius 2 is 2.04 bits per heavy atom. The van der Waals surface area contributed by atoms with Crippen molar-refractivity contribution < 1.29 is 9.72 Å². The average Bonchev–Trinajstić information content (AvgIpc) is 2.83. The van der Waals surface area contributed by atoms with Crippen molar-refractivity contribution in [3.63, 3.8) is 0 Å². The monoisotopic (exact) mass is 454 g/mol. The van der Waals surface area contributed by atoms with E-state index in [0.717, 1.165) is 16.2 Å². The molecule has 0 N–H and O–H groups in total. The Morgan fingerprint density at radius 3 is 2.72 bits per heavy atom. The minimum absolute atomic E-state index is 0.0452. The molecule has 0 saturated carbocycles. The van der Waals surface area contributed by atoms with Crippen molar-refractivity contribution in [3.05, 3.63) is 72.5 Å². The third-order valence-electron chi connectivity index (χ3n) is 3.32. The van der Waals surface area contributed by atoms with Crippen LogP contribution in [0.3, 0.4) is 0 Å². The molecule has 0 unspecified atom stereocenters. The smallest absolute Gasteiger partial charge is 0.268 e. The zero-order chi connectivity index (χ0) is 18.1. The van der Waals surface area contributed by atoms with Crippen LogP contribution in [0.4, 0.5) is 11.4 Å². The van der Waals surface area contributed by atoms with E-state index in [2.05, 4.69) is 15.9 Å². The number of carbonyl (C=O) groups is 1. The molecule has 1 saturated heterocycles. The number of carbonyl (C=O) groups excluding carboxylic acids is 1. The zero-order valence-electron chi connectivity index (χ0n) is 12.3. The van der Waals surface area contributed by atoms with E-state index in [1.165, 1.54) is 17.0 Å². The van der Waals surface area contributed by atoms with Gasteiger partial charge in [0.25, 0.3) is 11.6 Å². The number of nitro groups is 1. The molecular weight excluding hydrogens is 448 g/mol. The molecule has 0 radical (unpaired) electrons. The van der Waals surface area contributed by atoms with Crippen LogP contribution in [-0.2, 0) is 4.79 Å². The summed E-state index contributed by atoms with van der Waals surface area (Å²) in [6, 6.07) is 11.6. The summed E-state index contributed by atoms with van der Waals surface area (Å²) in [4.78, 5) is 24.9. The van der Waals surface area contributed by atoms with Crippen LogP contribution in [0.2, 0.25) is 5.02 Å². The molecule has 0 aliphatic carbocycles. The highest BCUT2D eigenvalue weighted by Gasteiger charge is 2.33. The fourth-order valence-electron chi connectivity index (χ4n) is 2.22. The van der Waals surface area contributed by atoms with Crippen molar-refractivity contribution in [1.82, 2.24) is 0 Å². The normalized spacial score (nSPS) is 15.9. The van der Waals surface area contributed by atoms with Crippen molar-refractivity contribution in [2.45, 2.75) is 0 Å². The van der Waals surface area contributed by atoms with Gasteiger partial charge in [0, 0.05) is 10.5 Å². The van der Waals surface area contributed by atoms with E-state index in [-0.39, 0.29) is 16.6 Å². The SMILES string of the molecule is O=C1/C(=C/c2ccc(Cl)c([N+](=O)[O-])c2)SC(=S)N1c1cccc(Br)c1. The van der Waals surface area contributed by atoms with Gasteiger partial charge < -0.3 is 0 Å². The van der Waals surface area contributed by atoms with E-state index in [4.69, 9.17) is 23.8 Å². The summed E-state index contributed by atoms with van der Waals surface area (Å²) in [5.41, 5.74) is 0.950. The van der Waals surface area contributed by atoms with Crippen LogP contribution in [0.5, 0.6) is 0 Å². The maximum Gasteiger partial charge on any atom is 0.288 e. The zero-order valence-corrected chi connectivity index (χ0v) is 16.3. The highest BCUT2D eigenvalue weighted by molar-refractivity contribution is 9.10. The number of nitro benzene ring substituents is 1. The standard InChI is InChI=1S/C16H8BrClN2O3S2/c17-10-2-1-3-11(8-10)19-15(21)14(25-16(19)24)7-9-4-5-12(18)13(6-9)20(22)23/h1-8H/b14-7-. The summed E-state index contributed by atoms with van der Waals surface area (Å²) in [5, 5.41) is 11.0. The molecule has 0 atom stereocenters. The number of benzene rings is 2. The molecule has 1 aliphatic heterocycles. The second kappa shape index (κ2) is 7.25. The fraction of sp³-hybridized carbons (Fsp3) is 0. The average molecular weight is 456 g/mol. The summed E-state index contributed by atoms with van der Waals surface area (Å²) in [7, 11) is 0. The summed E-state index contributed by atoms with van der Waals surface area (Å²) in [6.45, 7) is 0. The van der Waals surface area contributed by atoms with Crippen LogP contribution in [-0.4, -0.2) is 15.2 Å². The maximum atomic E-state index is 12.7. The second-order valence-corrected chi connectivity index (χ2v) is 7.96. The summed E-state index contributed by atoms with van der Waals surface area (Å²) in [5.74, 6) is -0.272. The van der Waals surface area contributed by atoms with Crippen molar-refractivity contribution in [3.8, 4) is 0 Å². The first-order chi connectivity index (χ1) is 11.9. The lowest BCUT2D eigenvalue weighted by Gasteiger charge is -2.14. The number of hydrogen-bond donors (Lipinski definition) is 0. The molecule has 2 aromatic rings. The Bertz CT molecular complexity index is 949. The van der Waals surface area contributed by atoms with Crippen molar-refractivity contribution >= 4 is 79.2 Å². The van der Waals surface area contributed by atoms with E-state index in [1.807, 2.05) is 12.1 Å². The molecule has 0 aromatic heterocycles. The Kier molecular flexibility index (Phi) is 5.24.